The Labute approximate surface area is 110 Å². The number of aromatic nitrogens is 1. The SMILES string of the molecule is N#Cc1ccc(NC2CCCN(C(=O)O)C2)nc1N. The Morgan fingerprint density at radius 2 is 2.42 bits per heavy atom. The van der Waals surface area contributed by atoms with Gasteiger partial charge in [-0.3, -0.25) is 0 Å². The van der Waals surface area contributed by atoms with Crippen LogP contribution in [0.15, 0.2) is 12.1 Å². The van der Waals surface area contributed by atoms with Gasteiger partial charge in [0.25, 0.3) is 0 Å². The monoisotopic (exact) mass is 261 g/mol. The van der Waals surface area contributed by atoms with E-state index in [0.29, 0.717) is 24.5 Å². The maximum atomic E-state index is 10.9. The first-order chi connectivity index (χ1) is 9.10. The van der Waals surface area contributed by atoms with Crippen LogP contribution in [-0.4, -0.2) is 40.2 Å². The summed E-state index contributed by atoms with van der Waals surface area (Å²) >= 11 is 0. The molecule has 1 amide bonds. The van der Waals surface area contributed by atoms with Crippen LogP contribution in [0.4, 0.5) is 16.4 Å². The summed E-state index contributed by atoms with van der Waals surface area (Å²) < 4.78 is 0. The lowest BCUT2D eigenvalue weighted by Crippen LogP contribution is -2.44. The van der Waals surface area contributed by atoms with Gasteiger partial charge in [-0.05, 0) is 25.0 Å². The number of pyridine rings is 1. The lowest BCUT2D eigenvalue weighted by Gasteiger charge is -2.31. The molecule has 7 nitrogen and oxygen atoms in total. The standard InChI is InChI=1S/C12H15N5O2/c13-6-8-3-4-10(16-11(8)14)15-9-2-1-5-17(7-9)12(18)19/h3-4,9H,1-2,5,7H2,(H,18,19)(H3,14,15,16). The zero-order valence-electron chi connectivity index (χ0n) is 10.3. The number of anilines is 2. The Morgan fingerprint density at radius 1 is 1.63 bits per heavy atom. The molecule has 2 rings (SSSR count). The second kappa shape index (κ2) is 5.44. The molecule has 1 unspecified atom stereocenters. The van der Waals surface area contributed by atoms with Crippen LogP contribution < -0.4 is 11.1 Å². The molecule has 2 heterocycles. The minimum Gasteiger partial charge on any atom is -0.465 e. The summed E-state index contributed by atoms with van der Waals surface area (Å²) in [5, 5.41) is 20.9. The van der Waals surface area contributed by atoms with Gasteiger partial charge >= 0.3 is 6.09 Å². The van der Waals surface area contributed by atoms with Gasteiger partial charge in [0.1, 0.15) is 17.7 Å². The summed E-state index contributed by atoms with van der Waals surface area (Å²) in [6.07, 6.45) is 0.792. The van der Waals surface area contributed by atoms with Crippen molar-refractivity contribution in [2.75, 3.05) is 24.1 Å². The molecular formula is C12H15N5O2. The van der Waals surface area contributed by atoms with Gasteiger partial charge in [0, 0.05) is 19.1 Å². The number of nitrogens with two attached hydrogens (primary N) is 1. The van der Waals surface area contributed by atoms with E-state index in [1.807, 2.05) is 6.07 Å². The minimum atomic E-state index is -0.904. The minimum absolute atomic E-state index is 0.0182. The van der Waals surface area contributed by atoms with Crippen molar-refractivity contribution in [3.05, 3.63) is 17.7 Å². The summed E-state index contributed by atoms with van der Waals surface area (Å²) in [7, 11) is 0. The van der Waals surface area contributed by atoms with Crippen molar-refractivity contribution in [1.29, 1.82) is 5.26 Å². The van der Waals surface area contributed by atoms with E-state index in [1.54, 1.807) is 12.1 Å². The predicted molar refractivity (Wildman–Crippen MR) is 69.6 cm³/mol. The van der Waals surface area contributed by atoms with Gasteiger partial charge in [0.15, 0.2) is 0 Å². The van der Waals surface area contributed by atoms with Crippen molar-refractivity contribution in [2.24, 2.45) is 0 Å². The number of nitrogens with one attached hydrogen (secondary N) is 1. The van der Waals surface area contributed by atoms with E-state index in [9.17, 15) is 4.79 Å². The first-order valence-electron chi connectivity index (χ1n) is 6.01. The van der Waals surface area contributed by atoms with Gasteiger partial charge in [-0.1, -0.05) is 0 Å². The molecule has 1 aliphatic rings. The Balaban J connectivity index is 2.03. The first kappa shape index (κ1) is 13.0. The number of carbonyl (C=O) groups is 1. The summed E-state index contributed by atoms with van der Waals surface area (Å²) in [4.78, 5) is 16.4. The van der Waals surface area contributed by atoms with Gasteiger partial charge < -0.3 is 21.1 Å². The van der Waals surface area contributed by atoms with Gasteiger partial charge in [-0.25, -0.2) is 9.78 Å². The van der Waals surface area contributed by atoms with E-state index in [4.69, 9.17) is 16.1 Å². The van der Waals surface area contributed by atoms with E-state index in [2.05, 4.69) is 10.3 Å². The smallest absolute Gasteiger partial charge is 0.407 e. The van der Waals surface area contributed by atoms with E-state index in [0.717, 1.165) is 12.8 Å². The van der Waals surface area contributed by atoms with Crippen LogP contribution in [-0.2, 0) is 0 Å². The molecule has 0 aromatic carbocycles. The average molecular weight is 261 g/mol. The second-order valence-electron chi connectivity index (χ2n) is 4.45. The normalized spacial score (nSPS) is 18.7. The fourth-order valence-corrected chi connectivity index (χ4v) is 2.13. The van der Waals surface area contributed by atoms with Crippen LogP contribution in [0.1, 0.15) is 18.4 Å². The number of nitrogen functional groups attached to an aromatic ring is 1. The van der Waals surface area contributed by atoms with Crippen LogP contribution >= 0.6 is 0 Å². The first-order valence-corrected chi connectivity index (χ1v) is 6.01. The second-order valence-corrected chi connectivity index (χ2v) is 4.45. The van der Waals surface area contributed by atoms with Gasteiger partial charge in [-0.15, -0.1) is 0 Å². The third-order valence-corrected chi connectivity index (χ3v) is 3.09. The molecule has 1 aromatic rings. The zero-order valence-corrected chi connectivity index (χ0v) is 10.3. The fourth-order valence-electron chi connectivity index (χ4n) is 2.13. The van der Waals surface area contributed by atoms with Gasteiger partial charge in [0.05, 0.1) is 5.56 Å². The topological polar surface area (TPSA) is 115 Å². The van der Waals surface area contributed by atoms with Crippen LogP contribution in [0.25, 0.3) is 0 Å². The molecule has 0 bridgehead atoms. The maximum absolute atomic E-state index is 10.9. The van der Waals surface area contributed by atoms with Crippen LogP contribution in [0.5, 0.6) is 0 Å². The number of nitriles is 1. The molecular weight excluding hydrogens is 246 g/mol. The Morgan fingerprint density at radius 3 is 3.05 bits per heavy atom. The third kappa shape index (κ3) is 3.04. The van der Waals surface area contributed by atoms with Crippen LogP contribution in [0, 0.1) is 11.3 Å². The molecule has 1 atom stereocenters. The van der Waals surface area contributed by atoms with Crippen molar-refractivity contribution in [3.63, 3.8) is 0 Å². The van der Waals surface area contributed by atoms with E-state index in [1.165, 1.54) is 4.90 Å². The number of amides is 1. The lowest BCUT2D eigenvalue weighted by molar-refractivity contribution is 0.133. The third-order valence-electron chi connectivity index (χ3n) is 3.09. The molecule has 0 saturated carbocycles. The van der Waals surface area contributed by atoms with E-state index < -0.39 is 6.09 Å². The molecule has 0 spiro atoms. The predicted octanol–water partition coefficient (Wildman–Crippen LogP) is 1.09. The number of hydrogen-bond donors (Lipinski definition) is 3. The molecule has 100 valence electrons. The fraction of sp³-hybridized carbons (Fsp3) is 0.417. The van der Waals surface area contributed by atoms with E-state index in [-0.39, 0.29) is 11.9 Å². The number of rotatable bonds is 2. The Bertz CT molecular complexity index is 525. The van der Waals surface area contributed by atoms with Crippen molar-refractivity contribution in [3.8, 4) is 6.07 Å². The molecule has 1 fully saturated rings. The number of hydrogen-bond acceptors (Lipinski definition) is 5. The molecule has 7 heteroatoms. The number of carboxylic acid groups (broad SMARTS) is 1. The highest BCUT2D eigenvalue weighted by Crippen LogP contribution is 2.17. The van der Waals surface area contributed by atoms with Crippen molar-refractivity contribution < 1.29 is 9.90 Å². The number of nitrogens with zero attached hydrogens (tertiary/aromatic N) is 3. The van der Waals surface area contributed by atoms with E-state index >= 15 is 0 Å². The van der Waals surface area contributed by atoms with Crippen molar-refractivity contribution in [2.45, 2.75) is 18.9 Å². The number of piperidine rings is 1. The average Bonchev–Trinajstić information content (AvgIpc) is 2.39. The van der Waals surface area contributed by atoms with Crippen molar-refractivity contribution >= 4 is 17.7 Å². The lowest BCUT2D eigenvalue weighted by atomic mass is 10.1. The summed E-state index contributed by atoms with van der Waals surface area (Å²) in [5.74, 6) is 0.743. The molecule has 1 saturated heterocycles. The highest BCUT2D eigenvalue weighted by molar-refractivity contribution is 5.65. The highest BCUT2D eigenvalue weighted by Gasteiger charge is 2.23. The quantitative estimate of drug-likeness (QED) is 0.734. The van der Waals surface area contributed by atoms with Gasteiger partial charge in [0.2, 0.25) is 0 Å². The largest absolute Gasteiger partial charge is 0.465 e. The zero-order chi connectivity index (χ0) is 13.8. The Kier molecular flexibility index (Phi) is 3.71. The number of likely N-dealkylation sites (tertiary alicyclic amines) is 1. The molecule has 0 radical (unpaired) electrons. The summed E-state index contributed by atoms with van der Waals surface area (Å²) in [6.45, 7) is 0.993. The molecule has 0 aliphatic carbocycles. The Hall–Kier alpha value is -2.49. The van der Waals surface area contributed by atoms with Crippen molar-refractivity contribution in [1.82, 2.24) is 9.88 Å². The summed E-state index contributed by atoms with van der Waals surface area (Å²) in [5.41, 5.74) is 5.97. The molecule has 4 N–H and O–H groups in total. The van der Waals surface area contributed by atoms with Gasteiger partial charge in [-0.2, -0.15) is 5.26 Å². The molecule has 1 aliphatic heterocycles. The highest BCUT2D eigenvalue weighted by atomic mass is 16.4. The van der Waals surface area contributed by atoms with Crippen LogP contribution in [0.3, 0.4) is 0 Å². The maximum Gasteiger partial charge on any atom is 0.407 e. The summed E-state index contributed by atoms with van der Waals surface area (Å²) in [6, 6.07) is 5.24. The molecule has 1 aromatic heterocycles. The van der Waals surface area contributed by atoms with Crippen LogP contribution in [0.2, 0.25) is 0 Å². The molecule has 19 heavy (non-hydrogen) atoms.